The van der Waals surface area contributed by atoms with E-state index < -0.39 is 11.6 Å². The van der Waals surface area contributed by atoms with E-state index in [4.69, 9.17) is 19.6 Å². The molecule has 9 nitrogen and oxygen atoms in total. The van der Waals surface area contributed by atoms with E-state index in [0.29, 0.717) is 41.3 Å². The number of aromatic nitrogens is 3. The zero-order valence-electron chi connectivity index (χ0n) is 27.0. The molecule has 0 spiro atoms. The first-order valence-electron chi connectivity index (χ1n) is 16.0. The summed E-state index contributed by atoms with van der Waals surface area (Å²) in [5, 5.41) is 21.6. The number of aliphatic hydroxyl groups excluding tert-OH is 1. The van der Waals surface area contributed by atoms with Crippen LogP contribution in [-0.4, -0.2) is 52.3 Å². The summed E-state index contributed by atoms with van der Waals surface area (Å²) in [7, 11) is 1.58. The van der Waals surface area contributed by atoms with Crippen LogP contribution >= 0.6 is 0 Å². The molecule has 0 bridgehead atoms. The van der Waals surface area contributed by atoms with Crippen molar-refractivity contribution in [2.75, 3.05) is 25.6 Å². The van der Waals surface area contributed by atoms with Gasteiger partial charge in [0.1, 0.15) is 11.4 Å². The van der Waals surface area contributed by atoms with Gasteiger partial charge in [-0.25, -0.2) is 14.5 Å². The number of rotatable bonds is 13. The van der Waals surface area contributed by atoms with Gasteiger partial charge in [0.25, 0.3) is 0 Å². The number of anilines is 1. The van der Waals surface area contributed by atoms with Crippen LogP contribution in [-0.2, 0) is 23.3 Å². The third-order valence-corrected chi connectivity index (χ3v) is 8.17. The molecule has 0 saturated heterocycles. The van der Waals surface area contributed by atoms with Crippen molar-refractivity contribution in [2.24, 2.45) is 0 Å². The van der Waals surface area contributed by atoms with Crippen LogP contribution in [0.1, 0.15) is 34.9 Å². The fourth-order valence-corrected chi connectivity index (χ4v) is 6.10. The number of nitrogens with zero attached hydrogens (tertiary/aromatic N) is 3. The van der Waals surface area contributed by atoms with Crippen LogP contribution in [0.25, 0.3) is 10.9 Å². The van der Waals surface area contributed by atoms with Crippen LogP contribution in [0.2, 0.25) is 0 Å². The molecule has 0 saturated carbocycles. The summed E-state index contributed by atoms with van der Waals surface area (Å²) in [6, 6.07) is 42.0. The number of hydrogen-bond donors (Lipinski definition) is 3. The zero-order valence-corrected chi connectivity index (χ0v) is 27.0. The number of carbonyl (C=O) groups is 1. The number of carbonyl (C=O) groups excluding carboxylic acids is 1. The van der Waals surface area contributed by atoms with Crippen molar-refractivity contribution in [3.63, 3.8) is 0 Å². The zero-order chi connectivity index (χ0) is 33.3. The smallest absolute Gasteiger partial charge is 0.320 e. The fourth-order valence-electron chi connectivity index (χ4n) is 6.10. The van der Waals surface area contributed by atoms with Gasteiger partial charge < -0.3 is 19.9 Å². The lowest BCUT2D eigenvalue weighted by molar-refractivity contribution is 0.0368. The maximum absolute atomic E-state index is 13.2. The standard InChI is InChI=1S/C39H39N5O4/c1-28(45)26-48-27-33-36-34(25-35(41-33)42-38(46)40-24-23-29-15-7-3-8-16-29)44(43-37(36)47-2)39(30-17-9-4-10-18-30,31-19-11-5-12-20-31)32-21-13-6-14-22-32/h3-22,25,28,45H,23-24,26-27H2,1-2H3,(H2,40,41,42,46)/t28-/m0/s1. The molecule has 48 heavy (non-hydrogen) atoms. The molecule has 0 radical (unpaired) electrons. The lowest BCUT2D eigenvalue weighted by Gasteiger charge is -2.37. The number of amides is 2. The van der Waals surface area contributed by atoms with Crippen LogP contribution in [0.5, 0.6) is 5.88 Å². The molecule has 0 aliphatic rings. The molecule has 2 aromatic heterocycles. The molecular formula is C39H39N5O4. The van der Waals surface area contributed by atoms with E-state index in [1.165, 1.54) is 0 Å². The number of methoxy groups -OCH3 is 1. The summed E-state index contributed by atoms with van der Waals surface area (Å²) in [6.45, 7) is 2.28. The number of urea groups is 1. The van der Waals surface area contributed by atoms with E-state index in [2.05, 4.69) is 47.0 Å². The van der Waals surface area contributed by atoms with Crippen LogP contribution < -0.4 is 15.4 Å². The number of nitrogens with one attached hydrogen (secondary N) is 2. The maximum atomic E-state index is 13.2. The molecule has 3 N–H and O–H groups in total. The lowest BCUT2D eigenvalue weighted by atomic mass is 9.77. The molecule has 0 aliphatic carbocycles. The van der Waals surface area contributed by atoms with Gasteiger partial charge in [0.15, 0.2) is 0 Å². The largest absolute Gasteiger partial charge is 0.479 e. The van der Waals surface area contributed by atoms with Gasteiger partial charge in [-0.2, -0.15) is 0 Å². The molecule has 0 unspecified atom stereocenters. The second-order valence-corrected chi connectivity index (χ2v) is 11.6. The Morgan fingerprint density at radius 1 is 0.854 bits per heavy atom. The molecule has 2 amide bonds. The van der Waals surface area contributed by atoms with Gasteiger partial charge in [-0.15, -0.1) is 5.10 Å². The summed E-state index contributed by atoms with van der Waals surface area (Å²) in [6.07, 6.45) is 0.0281. The average molecular weight is 642 g/mol. The second kappa shape index (κ2) is 14.9. The molecular weight excluding hydrogens is 602 g/mol. The van der Waals surface area contributed by atoms with Crippen molar-refractivity contribution in [1.82, 2.24) is 20.1 Å². The third kappa shape index (κ3) is 6.78. The monoisotopic (exact) mass is 641 g/mol. The molecule has 2 heterocycles. The number of benzene rings is 4. The Bertz CT molecular complexity index is 1840. The summed E-state index contributed by atoms with van der Waals surface area (Å²) in [4.78, 5) is 18.0. The number of pyridine rings is 1. The summed E-state index contributed by atoms with van der Waals surface area (Å²) < 4.78 is 13.8. The first-order valence-corrected chi connectivity index (χ1v) is 16.0. The van der Waals surface area contributed by atoms with Gasteiger partial charge in [0, 0.05) is 12.6 Å². The van der Waals surface area contributed by atoms with Crippen molar-refractivity contribution >= 4 is 22.8 Å². The highest BCUT2D eigenvalue weighted by Gasteiger charge is 2.41. The highest BCUT2D eigenvalue weighted by atomic mass is 16.5. The molecule has 244 valence electrons. The van der Waals surface area contributed by atoms with Gasteiger partial charge in [-0.05, 0) is 35.6 Å². The van der Waals surface area contributed by atoms with Crippen LogP contribution in [0.4, 0.5) is 10.6 Å². The van der Waals surface area contributed by atoms with Gasteiger partial charge in [-0.3, -0.25) is 5.32 Å². The van der Waals surface area contributed by atoms with Crippen LogP contribution in [0.3, 0.4) is 0 Å². The predicted octanol–water partition coefficient (Wildman–Crippen LogP) is 6.54. The van der Waals surface area contributed by atoms with Crippen molar-refractivity contribution < 1.29 is 19.4 Å². The van der Waals surface area contributed by atoms with Crippen molar-refractivity contribution in [3.8, 4) is 5.88 Å². The normalized spacial score (nSPS) is 12.1. The summed E-state index contributed by atoms with van der Waals surface area (Å²) in [5.41, 5.74) is 4.30. The first kappa shape index (κ1) is 32.4. The molecule has 0 aliphatic heterocycles. The number of ether oxygens (including phenoxy) is 2. The minimum atomic E-state index is -0.951. The van der Waals surface area contributed by atoms with E-state index in [9.17, 15) is 9.90 Å². The first-order chi connectivity index (χ1) is 23.5. The maximum Gasteiger partial charge on any atom is 0.320 e. The summed E-state index contributed by atoms with van der Waals surface area (Å²) >= 11 is 0. The van der Waals surface area contributed by atoms with Crippen molar-refractivity contribution in [3.05, 3.63) is 155 Å². The quantitative estimate of drug-likeness (QED) is 0.124. The topological polar surface area (TPSA) is 111 Å². The van der Waals surface area contributed by atoms with Crippen LogP contribution in [0.15, 0.2) is 127 Å². The molecule has 9 heteroatoms. The Morgan fingerprint density at radius 2 is 1.40 bits per heavy atom. The molecule has 6 aromatic rings. The van der Waals surface area contributed by atoms with Crippen molar-refractivity contribution in [2.45, 2.75) is 31.6 Å². The van der Waals surface area contributed by atoms with Gasteiger partial charge in [-0.1, -0.05) is 121 Å². The van der Waals surface area contributed by atoms with Crippen LogP contribution in [0, 0.1) is 0 Å². The van der Waals surface area contributed by atoms with E-state index >= 15 is 0 Å². The van der Waals surface area contributed by atoms with Gasteiger partial charge >= 0.3 is 6.03 Å². The van der Waals surface area contributed by atoms with E-state index in [1.54, 1.807) is 14.0 Å². The Hall–Kier alpha value is -5.51. The Balaban J connectivity index is 1.53. The Kier molecular flexibility index (Phi) is 10.1. The molecule has 4 aromatic carbocycles. The van der Waals surface area contributed by atoms with Gasteiger partial charge in [0.2, 0.25) is 5.88 Å². The van der Waals surface area contributed by atoms with E-state index in [-0.39, 0.29) is 19.2 Å². The number of hydrogen-bond acceptors (Lipinski definition) is 6. The third-order valence-electron chi connectivity index (χ3n) is 8.17. The minimum Gasteiger partial charge on any atom is -0.479 e. The number of fused-ring (bicyclic) bond motifs is 1. The number of aliphatic hydroxyl groups is 1. The van der Waals surface area contributed by atoms with E-state index in [0.717, 1.165) is 22.3 Å². The predicted molar refractivity (Wildman–Crippen MR) is 187 cm³/mol. The van der Waals surface area contributed by atoms with Gasteiger partial charge in [0.05, 0.1) is 43.0 Å². The van der Waals surface area contributed by atoms with Crippen molar-refractivity contribution in [1.29, 1.82) is 0 Å². The highest BCUT2D eigenvalue weighted by Crippen LogP contribution is 2.44. The molecule has 0 fully saturated rings. The lowest BCUT2D eigenvalue weighted by Crippen LogP contribution is -2.38. The highest BCUT2D eigenvalue weighted by molar-refractivity contribution is 5.94. The fraction of sp³-hybridized carbons (Fsp3) is 0.205. The Morgan fingerprint density at radius 3 is 1.92 bits per heavy atom. The summed E-state index contributed by atoms with van der Waals surface area (Å²) in [5.74, 6) is 0.682. The molecule has 1 atom stereocenters. The minimum absolute atomic E-state index is 0.0591. The molecule has 6 rings (SSSR count). The Labute approximate surface area is 280 Å². The SMILES string of the molecule is COc1nn(C(c2ccccc2)(c2ccccc2)c2ccccc2)c2cc(NC(=O)NCCc3ccccc3)nc(COC[C@H](C)O)c12. The second-order valence-electron chi connectivity index (χ2n) is 11.6. The van der Waals surface area contributed by atoms with E-state index in [1.807, 2.05) is 95.7 Å². The average Bonchev–Trinajstić information content (AvgIpc) is 3.49.